The molecule has 1 amide bonds. The molecule has 120 valence electrons. The van der Waals surface area contributed by atoms with Gasteiger partial charge in [-0.05, 0) is 25.7 Å². The van der Waals surface area contributed by atoms with Crippen LogP contribution in [0.25, 0.3) is 0 Å². The van der Waals surface area contributed by atoms with Gasteiger partial charge in [-0.15, -0.1) is 11.3 Å². The van der Waals surface area contributed by atoms with Gasteiger partial charge in [-0.1, -0.05) is 0 Å². The topological polar surface area (TPSA) is 54.5 Å². The Morgan fingerprint density at radius 3 is 3.09 bits per heavy atom. The number of fused-ring (bicyclic) bond motifs is 1. The average molecular weight is 321 g/mol. The molecule has 2 saturated heterocycles. The van der Waals surface area contributed by atoms with Crippen LogP contribution < -0.4 is 5.32 Å². The van der Waals surface area contributed by atoms with Crippen LogP contribution in [0, 0.1) is 11.8 Å². The van der Waals surface area contributed by atoms with Crippen LogP contribution in [0.15, 0.2) is 11.6 Å². The number of amides is 1. The van der Waals surface area contributed by atoms with Gasteiger partial charge in [-0.2, -0.15) is 0 Å². The van der Waals surface area contributed by atoms with Crippen molar-refractivity contribution < 1.29 is 9.53 Å². The summed E-state index contributed by atoms with van der Waals surface area (Å²) in [4.78, 5) is 19.4. The highest BCUT2D eigenvalue weighted by atomic mass is 32.1. The van der Waals surface area contributed by atoms with Crippen molar-refractivity contribution in [3.8, 4) is 0 Å². The van der Waals surface area contributed by atoms with Gasteiger partial charge < -0.3 is 10.1 Å². The van der Waals surface area contributed by atoms with Crippen LogP contribution in [0.1, 0.15) is 30.7 Å². The fourth-order valence-corrected chi connectivity index (χ4v) is 4.37. The summed E-state index contributed by atoms with van der Waals surface area (Å²) in [6.45, 7) is 3.62. The fraction of sp³-hybridized carbons (Fsp3) is 0.750. The second-order valence-electron chi connectivity index (χ2n) is 6.70. The molecular formula is C16H23N3O2S. The van der Waals surface area contributed by atoms with E-state index >= 15 is 0 Å². The standard InChI is InChI=1S/C16H23N3O2S/c20-16(18-11-1-2-11)12-4-7-21-14-3-6-19(9-13(12)14)10-15-17-5-8-22-15/h5,8,11-14H,1-4,6-7,9-10H2,(H,18,20)/t12-,13+,14-/m1/s1. The lowest BCUT2D eigenvalue weighted by Gasteiger charge is -2.44. The summed E-state index contributed by atoms with van der Waals surface area (Å²) >= 11 is 1.71. The van der Waals surface area contributed by atoms with Gasteiger partial charge >= 0.3 is 0 Å². The molecule has 0 unspecified atom stereocenters. The van der Waals surface area contributed by atoms with Crippen molar-refractivity contribution in [3.05, 3.63) is 16.6 Å². The van der Waals surface area contributed by atoms with Crippen molar-refractivity contribution in [2.45, 2.75) is 44.4 Å². The third kappa shape index (κ3) is 3.19. The first-order chi connectivity index (χ1) is 10.8. The molecule has 1 aliphatic carbocycles. The molecule has 22 heavy (non-hydrogen) atoms. The molecule has 3 heterocycles. The molecule has 5 nitrogen and oxygen atoms in total. The number of nitrogens with one attached hydrogen (secondary N) is 1. The number of carbonyl (C=O) groups excluding carboxylic acids is 1. The Kier molecular flexibility index (Phi) is 4.15. The molecule has 4 rings (SSSR count). The highest BCUT2D eigenvalue weighted by molar-refractivity contribution is 7.09. The Hall–Kier alpha value is -0.980. The van der Waals surface area contributed by atoms with Crippen LogP contribution in [-0.2, 0) is 16.1 Å². The molecule has 2 aliphatic heterocycles. The van der Waals surface area contributed by atoms with Crippen molar-refractivity contribution in [1.82, 2.24) is 15.2 Å². The number of nitrogens with zero attached hydrogens (tertiary/aromatic N) is 2. The lowest BCUT2D eigenvalue weighted by molar-refractivity contribution is -0.142. The molecule has 3 atom stereocenters. The third-order valence-electron chi connectivity index (χ3n) is 5.06. The Balaban J connectivity index is 1.41. The molecule has 3 fully saturated rings. The zero-order valence-electron chi connectivity index (χ0n) is 12.7. The fourth-order valence-electron chi connectivity index (χ4n) is 3.71. The number of piperidine rings is 1. The second kappa shape index (κ2) is 6.26. The third-order valence-corrected chi connectivity index (χ3v) is 5.82. The van der Waals surface area contributed by atoms with E-state index < -0.39 is 0 Å². The lowest BCUT2D eigenvalue weighted by atomic mass is 9.79. The summed E-state index contributed by atoms with van der Waals surface area (Å²) in [5.74, 6) is 0.719. The van der Waals surface area contributed by atoms with Crippen molar-refractivity contribution in [2.24, 2.45) is 11.8 Å². The number of aromatic nitrogens is 1. The predicted octanol–water partition coefficient (Wildman–Crippen LogP) is 1.65. The number of thiazole rings is 1. The first-order valence-corrected chi connectivity index (χ1v) is 9.20. The summed E-state index contributed by atoms with van der Waals surface area (Å²) in [5, 5.41) is 6.38. The first-order valence-electron chi connectivity index (χ1n) is 8.32. The van der Waals surface area contributed by atoms with E-state index in [1.165, 1.54) is 0 Å². The quantitative estimate of drug-likeness (QED) is 0.916. The van der Waals surface area contributed by atoms with Crippen LogP contribution in [0.5, 0.6) is 0 Å². The van der Waals surface area contributed by atoms with Gasteiger partial charge in [0.2, 0.25) is 5.91 Å². The number of hydrogen-bond donors (Lipinski definition) is 1. The van der Waals surface area contributed by atoms with Crippen LogP contribution in [0.3, 0.4) is 0 Å². The number of carbonyl (C=O) groups is 1. The van der Waals surface area contributed by atoms with Crippen LogP contribution in [-0.4, -0.2) is 47.6 Å². The normalized spacial score (nSPS) is 32.5. The highest BCUT2D eigenvalue weighted by Gasteiger charge is 2.42. The van der Waals surface area contributed by atoms with Gasteiger partial charge in [0.05, 0.1) is 12.6 Å². The molecule has 1 aromatic heterocycles. The summed E-state index contributed by atoms with van der Waals surface area (Å²) < 4.78 is 5.95. The molecule has 1 N–H and O–H groups in total. The van der Waals surface area contributed by atoms with E-state index in [-0.39, 0.29) is 17.9 Å². The summed E-state index contributed by atoms with van der Waals surface area (Å²) in [6, 6.07) is 0.448. The van der Waals surface area contributed by atoms with Crippen molar-refractivity contribution in [3.63, 3.8) is 0 Å². The van der Waals surface area contributed by atoms with E-state index in [1.807, 2.05) is 11.6 Å². The van der Waals surface area contributed by atoms with E-state index in [9.17, 15) is 4.79 Å². The SMILES string of the molecule is O=C(NC1CC1)[C@@H]1CCO[C@@H]2CCN(Cc3nccs3)C[C@H]21. The van der Waals surface area contributed by atoms with Gasteiger partial charge in [-0.3, -0.25) is 9.69 Å². The minimum Gasteiger partial charge on any atom is -0.378 e. The van der Waals surface area contributed by atoms with Crippen LogP contribution in [0.2, 0.25) is 0 Å². The Bertz CT molecular complexity index is 517. The maximum atomic E-state index is 12.5. The second-order valence-corrected chi connectivity index (χ2v) is 7.68. The average Bonchev–Trinajstić information content (AvgIpc) is 3.20. The van der Waals surface area contributed by atoms with Crippen molar-refractivity contribution >= 4 is 17.2 Å². The van der Waals surface area contributed by atoms with Gasteiger partial charge in [0.15, 0.2) is 0 Å². The maximum absolute atomic E-state index is 12.5. The van der Waals surface area contributed by atoms with E-state index in [2.05, 4.69) is 15.2 Å². The van der Waals surface area contributed by atoms with Gasteiger partial charge in [0.25, 0.3) is 0 Å². The number of hydrogen-bond acceptors (Lipinski definition) is 5. The summed E-state index contributed by atoms with van der Waals surface area (Å²) in [5.41, 5.74) is 0. The summed E-state index contributed by atoms with van der Waals surface area (Å²) in [7, 11) is 0. The molecular weight excluding hydrogens is 298 g/mol. The predicted molar refractivity (Wildman–Crippen MR) is 84.5 cm³/mol. The van der Waals surface area contributed by atoms with Gasteiger partial charge in [0.1, 0.15) is 5.01 Å². The van der Waals surface area contributed by atoms with Gasteiger partial charge in [-0.25, -0.2) is 4.98 Å². The molecule has 0 aromatic carbocycles. The van der Waals surface area contributed by atoms with Crippen molar-refractivity contribution in [2.75, 3.05) is 19.7 Å². The van der Waals surface area contributed by atoms with E-state index in [0.29, 0.717) is 12.0 Å². The minimum atomic E-state index is 0.124. The molecule has 0 radical (unpaired) electrons. The first kappa shape index (κ1) is 14.6. The maximum Gasteiger partial charge on any atom is 0.223 e. The smallest absolute Gasteiger partial charge is 0.223 e. The van der Waals surface area contributed by atoms with Crippen LogP contribution >= 0.6 is 11.3 Å². The number of ether oxygens (including phenoxy) is 1. The summed E-state index contributed by atoms with van der Waals surface area (Å²) in [6.07, 6.45) is 6.32. The van der Waals surface area contributed by atoms with E-state index in [4.69, 9.17) is 4.74 Å². The zero-order chi connectivity index (χ0) is 14.9. The van der Waals surface area contributed by atoms with Crippen molar-refractivity contribution in [1.29, 1.82) is 0 Å². The Morgan fingerprint density at radius 2 is 2.32 bits per heavy atom. The monoisotopic (exact) mass is 321 g/mol. The molecule has 1 aromatic rings. The zero-order valence-corrected chi connectivity index (χ0v) is 13.6. The van der Waals surface area contributed by atoms with Gasteiger partial charge in [0, 0.05) is 49.2 Å². The lowest BCUT2D eigenvalue weighted by Crippen LogP contribution is -2.53. The largest absolute Gasteiger partial charge is 0.378 e. The molecule has 6 heteroatoms. The highest BCUT2D eigenvalue weighted by Crippen LogP contribution is 2.34. The molecule has 0 bridgehead atoms. The Morgan fingerprint density at radius 1 is 1.41 bits per heavy atom. The molecule has 3 aliphatic rings. The van der Waals surface area contributed by atoms with Crippen LogP contribution in [0.4, 0.5) is 0 Å². The number of likely N-dealkylation sites (tertiary alicyclic amines) is 1. The number of rotatable bonds is 4. The minimum absolute atomic E-state index is 0.124. The van der Waals surface area contributed by atoms with E-state index in [0.717, 1.165) is 56.9 Å². The Labute approximate surface area is 135 Å². The molecule has 1 saturated carbocycles. The molecule has 0 spiro atoms. The van der Waals surface area contributed by atoms with E-state index in [1.54, 1.807) is 11.3 Å².